The molecule has 284 valence electrons. The molecule has 8 rings (SSSR count). The van der Waals surface area contributed by atoms with Gasteiger partial charge < -0.3 is 39.6 Å². The van der Waals surface area contributed by atoms with Gasteiger partial charge in [-0.15, -0.1) is 0 Å². The van der Waals surface area contributed by atoms with Crippen LogP contribution in [0.3, 0.4) is 0 Å². The maximum atomic E-state index is 13.7. The molecule has 0 saturated carbocycles. The Kier molecular flexibility index (Phi) is 9.83. The van der Waals surface area contributed by atoms with Gasteiger partial charge in [-0.25, -0.2) is 4.79 Å². The van der Waals surface area contributed by atoms with Gasteiger partial charge in [0, 0.05) is 62.8 Å². The van der Waals surface area contributed by atoms with Crippen LogP contribution in [0, 0.1) is 0 Å². The third-order valence-corrected chi connectivity index (χ3v) is 10.3. The van der Waals surface area contributed by atoms with Crippen LogP contribution < -0.4 is 24.7 Å². The van der Waals surface area contributed by atoms with Gasteiger partial charge in [-0.2, -0.15) is 0 Å². The van der Waals surface area contributed by atoms with Crippen molar-refractivity contribution in [3.63, 3.8) is 0 Å². The Bertz CT molecular complexity index is 2350. The zero-order chi connectivity index (χ0) is 38.9. The lowest BCUT2D eigenvalue weighted by Crippen LogP contribution is -2.32. The Morgan fingerprint density at radius 1 is 0.714 bits per heavy atom. The molecule has 4 aliphatic heterocycles. The van der Waals surface area contributed by atoms with E-state index in [0.29, 0.717) is 71.3 Å². The van der Waals surface area contributed by atoms with Crippen molar-refractivity contribution >= 4 is 52.7 Å². The average molecular weight is 754 g/mol. The number of amides is 2. The van der Waals surface area contributed by atoms with Crippen molar-refractivity contribution in [3.8, 4) is 23.0 Å². The number of nitrogens with zero attached hydrogens (tertiary/aromatic N) is 4. The Labute approximate surface area is 323 Å². The van der Waals surface area contributed by atoms with E-state index < -0.39 is 5.97 Å². The van der Waals surface area contributed by atoms with Crippen LogP contribution in [0.1, 0.15) is 67.0 Å². The molecule has 2 amide bonds. The summed E-state index contributed by atoms with van der Waals surface area (Å²) in [5.41, 5.74) is 12.6. The number of aromatic carboxylic acids is 1. The number of benzene rings is 4. The second-order valence-electron chi connectivity index (χ2n) is 13.7. The number of hydrogen-bond acceptors (Lipinski definition) is 10. The van der Waals surface area contributed by atoms with Crippen molar-refractivity contribution in [2.24, 2.45) is 15.7 Å². The van der Waals surface area contributed by atoms with Crippen LogP contribution in [-0.4, -0.2) is 84.6 Å². The zero-order valence-corrected chi connectivity index (χ0v) is 30.8. The van der Waals surface area contributed by atoms with Crippen LogP contribution in [0.25, 0.3) is 11.1 Å². The summed E-state index contributed by atoms with van der Waals surface area (Å²) in [6.07, 6.45) is 8.93. The Morgan fingerprint density at radius 3 is 1.61 bits per heavy atom. The Morgan fingerprint density at radius 2 is 1.18 bits per heavy atom. The molecule has 0 aliphatic carbocycles. The fourth-order valence-electron chi connectivity index (χ4n) is 7.25. The van der Waals surface area contributed by atoms with Gasteiger partial charge in [0.25, 0.3) is 11.8 Å². The summed E-state index contributed by atoms with van der Waals surface area (Å²) in [6, 6.07) is 20.9. The highest BCUT2D eigenvalue weighted by Crippen LogP contribution is 2.42. The Hall–Kier alpha value is -6.73. The molecular formula is C43H39N5O8. The molecule has 0 radical (unpaired) electrons. The fourth-order valence-corrected chi connectivity index (χ4v) is 7.25. The topological polar surface area (TPSA) is 166 Å². The quantitative estimate of drug-likeness (QED) is 0.151. The maximum Gasteiger partial charge on any atom is 0.335 e. The summed E-state index contributed by atoms with van der Waals surface area (Å²) in [4.78, 5) is 51.5. The highest BCUT2D eigenvalue weighted by molar-refractivity contribution is 6.06. The highest BCUT2D eigenvalue weighted by Gasteiger charge is 2.35. The first kappa shape index (κ1) is 36.3. The van der Waals surface area contributed by atoms with E-state index in [4.69, 9.17) is 29.7 Å². The van der Waals surface area contributed by atoms with Crippen LogP contribution in [0.2, 0.25) is 0 Å². The number of methoxy groups -OCH3 is 2. The van der Waals surface area contributed by atoms with Gasteiger partial charge >= 0.3 is 5.97 Å². The number of carbonyl (C=O) groups excluding carboxylic acids is 2. The van der Waals surface area contributed by atoms with Crippen molar-refractivity contribution < 1.29 is 38.4 Å². The van der Waals surface area contributed by atoms with E-state index in [2.05, 4.69) is 4.99 Å². The molecular weight excluding hydrogens is 714 g/mol. The van der Waals surface area contributed by atoms with Gasteiger partial charge in [-0.1, -0.05) is 36.4 Å². The minimum absolute atomic E-state index is 0.165. The molecule has 0 spiro atoms. The second-order valence-corrected chi connectivity index (χ2v) is 13.7. The lowest BCUT2D eigenvalue weighted by molar-refractivity contribution is 0.0695. The number of rotatable bonds is 12. The standard InChI is InChI=1S/C43H39N5O8/c1-53-37-16-33-35(45-21-31-14-29(23-47(31)41(33)49)26-6-4-25(20-44)5-7-26)18-39(37)55-12-3-13-56-40-19-36-34(17-38(40)54-2)42(50)48-24-30(15-32(48)22-46-36)27-8-10-28(11-9-27)43(51)52/h4-11,16-19,21-24,31-32H,3,12-15,20,44H2,1-2H3,(H,51,52). The molecule has 0 bridgehead atoms. The number of carbonyl (C=O) groups is 3. The zero-order valence-electron chi connectivity index (χ0n) is 30.8. The van der Waals surface area contributed by atoms with Crippen molar-refractivity contribution in [1.29, 1.82) is 0 Å². The molecule has 4 aromatic rings. The van der Waals surface area contributed by atoms with Gasteiger partial charge in [0.05, 0.1) is 67.6 Å². The summed E-state index contributed by atoms with van der Waals surface area (Å²) >= 11 is 0. The molecule has 4 heterocycles. The fraction of sp³-hybridized carbons (Fsp3) is 0.233. The number of nitrogens with two attached hydrogens (primary N) is 1. The number of hydrogen-bond donors (Lipinski definition) is 2. The van der Waals surface area contributed by atoms with Crippen LogP contribution >= 0.6 is 0 Å². The van der Waals surface area contributed by atoms with Gasteiger partial charge in [-0.05, 0) is 52.1 Å². The monoisotopic (exact) mass is 753 g/mol. The molecule has 56 heavy (non-hydrogen) atoms. The summed E-state index contributed by atoms with van der Waals surface area (Å²) in [7, 11) is 3.04. The Balaban J connectivity index is 0.905. The second kappa shape index (κ2) is 15.2. The summed E-state index contributed by atoms with van der Waals surface area (Å²) in [5, 5.41) is 9.24. The lowest BCUT2D eigenvalue weighted by Gasteiger charge is -2.19. The normalized spacial score (nSPS) is 17.9. The third kappa shape index (κ3) is 6.88. The molecule has 0 saturated heterocycles. The van der Waals surface area contributed by atoms with E-state index in [9.17, 15) is 19.5 Å². The molecule has 13 nitrogen and oxygen atoms in total. The van der Waals surface area contributed by atoms with Gasteiger partial charge in [0.2, 0.25) is 0 Å². The lowest BCUT2D eigenvalue weighted by atomic mass is 10.0. The van der Waals surface area contributed by atoms with Gasteiger partial charge in [-0.3, -0.25) is 19.6 Å². The van der Waals surface area contributed by atoms with Crippen LogP contribution in [0.4, 0.5) is 11.4 Å². The van der Waals surface area contributed by atoms with E-state index in [-0.39, 0.29) is 42.7 Å². The minimum atomic E-state index is -0.994. The molecule has 3 N–H and O–H groups in total. The number of ether oxygens (including phenoxy) is 4. The molecule has 2 unspecified atom stereocenters. The predicted molar refractivity (Wildman–Crippen MR) is 211 cm³/mol. The van der Waals surface area contributed by atoms with Crippen LogP contribution in [-0.2, 0) is 6.54 Å². The molecule has 4 aromatic carbocycles. The van der Waals surface area contributed by atoms with Gasteiger partial charge in [0.1, 0.15) is 0 Å². The highest BCUT2D eigenvalue weighted by atomic mass is 16.5. The summed E-state index contributed by atoms with van der Waals surface area (Å²) < 4.78 is 23.5. The molecule has 13 heteroatoms. The van der Waals surface area contributed by atoms with E-state index in [1.165, 1.54) is 14.2 Å². The van der Waals surface area contributed by atoms with Crippen molar-refractivity contribution in [3.05, 3.63) is 119 Å². The maximum absolute atomic E-state index is 13.7. The first-order valence-electron chi connectivity index (χ1n) is 18.2. The van der Waals surface area contributed by atoms with E-state index in [1.807, 2.05) is 30.5 Å². The van der Waals surface area contributed by atoms with Crippen LogP contribution in [0.5, 0.6) is 23.0 Å². The summed E-state index contributed by atoms with van der Waals surface area (Å²) in [5.74, 6) is 0.318. The first-order valence-corrected chi connectivity index (χ1v) is 18.2. The van der Waals surface area contributed by atoms with Crippen LogP contribution in [0.15, 0.2) is 95.2 Å². The number of carboxylic acids is 1. The largest absolute Gasteiger partial charge is 0.493 e. The van der Waals surface area contributed by atoms with Crippen molar-refractivity contribution in [1.82, 2.24) is 9.80 Å². The molecule has 2 atom stereocenters. The predicted octanol–water partition coefficient (Wildman–Crippen LogP) is 6.65. The number of carboxylic acid groups (broad SMARTS) is 1. The molecule has 4 aliphatic rings. The van der Waals surface area contributed by atoms with Gasteiger partial charge in [0.15, 0.2) is 23.0 Å². The molecule has 0 aromatic heterocycles. The smallest absolute Gasteiger partial charge is 0.335 e. The molecule has 0 fully saturated rings. The number of fused-ring (bicyclic) bond motifs is 4. The van der Waals surface area contributed by atoms with Crippen molar-refractivity contribution in [2.75, 3.05) is 27.4 Å². The first-order chi connectivity index (χ1) is 27.2. The minimum Gasteiger partial charge on any atom is -0.493 e. The van der Waals surface area contributed by atoms with E-state index >= 15 is 0 Å². The summed E-state index contributed by atoms with van der Waals surface area (Å²) in [6.45, 7) is 1.03. The van der Waals surface area contributed by atoms with E-state index in [0.717, 1.165) is 27.8 Å². The SMILES string of the molecule is COc1cc2c(cc1OCCCOc1cc3c(cc1OC)C(=O)N1C=C(c4ccc(C(=O)O)cc4)CC1C=N3)N=CC1CC(c3ccc(CN)cc3)=CN1C2=O. The van der Waals surface area contributed by atoms with E-state index in [1.54, 1.807) is 77.0 Å². The van der Waals surface area contributed by atoms with Crippen molar-refractivity contribution in [2.45, 2.75) is 37.9 Å². The third-order valence-electron chi connectivity index (χ3n) is 10.3. The number of aliphatic imine (C=N–C) groups is 2. The average Bonchev–Trinajstić information content (AvgIpc) is 3.80.